The first kappa shape index (κ1) is 6.60. The van der Waals surface area contributed by atoms with E-state index in [1.165, 1.54) is 5.57 Å². The van der Waals surface area contributed by atoms with Gasteiger partial charge in [0.2, 0.25) is 0 Å². The normalized spacial score (nSPS) is 26.1. The van der Waals surface area contributed by atoms with Crippen molar-refractivity contribution in [2.45, 2.75) is 20.3 Å². The lowest BCUT2D eigenvalue weighted by Crippen LogP contribution is -2.03. The van der Waals surface area contributed by atoms with Gasteiger partial charge in [0.1, 0.15) is 0 Å². The molecule has 0 aromatic heterocycles. The second-order valence-corrected chi connectivity index (χ2v) is 2.95. The Morgan fingerprint density at radius 1 is 1.78 bits per heavy atom. The average molecular weight is 121 g/mol. The van der Waals surface area contributed by atoms with Gasteiger partial charge >= 0.3 is 0 Å². The van der Waals surface area contributed by atoms with Gasteiger partial charge in [0.25, 0.3) is 0 Å². The molecule has 0 aromatic rings. The highest BCUT2D eigenvalue weighted by Crippen LogP contribution is 2.27. The first-order valence-electron chi connectivity index (χ1n) is 3.47. The summed E-state index contributed by atoms with van der Waals surface area (Å²) in [5.41, 5.74) is 1.32. The van der Waals surface area contributed by atoms with Crippen LogP contribution in [0.4, 0.5) is 0 Å². The van der Waals surface area contributed by atoms with Crippen LogP contribution in [0.3, 0.4) is 0 Å². The van der Waals surface area contributed by atoms with Gasteiger partial charge in [-0.1, -0.05) is 32.1 Å². The molecular weight excluding hydrogens is 108 g/mol. The number of rotatable bonds is 1. The van der Waals surface area contributed by atoms with Gasteiger partial charge in [0.15, 0.2) is 0 Å². The third kappa shape index (κ3) is 1.24. The molecule has 0 fully saturated rings. The third-order valence-corrected chi connectivity index (χ3v) is 1.77. The predicted molar refractivity (Wildman–Crippen MR) is 39.9 cm³/mol. The summed E-state index contributed by atoms with van der Waals surface area (Å²) < 4.78 is 0. The Morgan fingerprint density at radius 3 is 2.67 bits per heavy atom. The summed E-state index contributed by atoms with van der Waals surface area (Å²) in [6.07, 6.45) is 6.42. The molecule has 1 radical (unpaired) electrons. The lowest BCUT2D eigenvalue weighted by Gasteiger charge is -2.12. The summed E-state index contributed by atoms with van der Waals surface area (Å²) in [6.45, 7) is 8.38. The molecule has 0 aliphatic heterocycles. The summed E-state index contributed by atoms with van der Waals surface area (Å²) >= 11 is 0. The Balaban J connectivity index is 2.59. The monoisotopic (exact) mass is 121 g/mol. The van der Waals surface area contributed by atoms with E-state index in [2.05, 4.69) is 32.6 Å². The molecule has 1 aliphatic rings. The first-order chi connectivity index (χ1) is 4.22. The van der Waals surface area contributed by atoms with Crippen LogP contribution in [-0.2, 0) is 0 Å². The van der Waals surface area contributed by atoms with Gasteiger partial charge in [-0.05, 0) is 18.4 Å². The van der Waals surface area contributed by atoms with Gasteiger partial charge in [0, 0.05) is 5.92 Å². The lowest BCUT2D eigenvalue weighted by atomic mass is 9.92. The van der Waals surface area contributed by atoms with Crippen LogP contribution >= 0.6 is 0 Å². The highest BCUT2D eigenvalue weighted by Gasteiger charge is 2.16. The van der Waals surface area contributed by atoms with E-state index in [0.29, 0.717) is 11.8 Å². The van der Waals surface area contributed by atoms with Gasteiger partial charge in [0.05, 0.1) is 0 Å². The van der Waals surface area contributed by atoms with Crippen LogP contribution in [0.25, 0.3) is 0 Å². The van der Waals surface area contributed by atoms with E-state index < -0.39 is 0 Å². The minimum absolute atomic E-state index is 0.532. The van der Waals surface area contributed by atoms with Crippen molar-refractivity contribution in [1.29, 1.82) is 0 Å². The minimum atomic E-state index is 0.532. The Labute approximate surface area is 57.3 Å². The molecule has 0 saturated heterocycles. The SMILES string of the molecule is C=C1CC=[C]C1C(C)C. The maximum atomic E-state index is 3.96. The maximum absolute atomic E-state index is 3.96. The van der Waals surface area contributed by atoms with E-state index in [4.69, 9.17) is 0 Å². The molecule has 1 unspecified atom stereocenters. The lowest BCUT2D eigenvalue weighted by molar-refractivity contribution is 0.524. The Kier molecular flexibility index (Phi) is 1.75. The summed E-state index contributed by atoms with van der Waals surface area (Å²) in [4.78, 5) is 0. The fourth-order valence-corrected chi connectivity index (χ4v) is 1.23. The van der Waals surface area contributed by atoms with Gasteiger partial charge < -0.3 is 0 Å². The third-order valence-electron chi connectivity index (χ3n) is 1.77. The molecule has 0 spiro atoms. The summed E-state index contributed by atoms with van der Waals surface area (Å²) in [5, 5.41) is 0. The van der Waals surface area contributed by atoms with Crippen LogP contribution in [0, 0.1) is 17.9 Å². The number of hydrogen-bond donors (Lipinski definition) is 0. The van der Waals surface area contributed by atoms with Gasteiger partial charge in [-0.3, -0.25) is 0 Å². The highest BCUT2D eigenvalue weighted by atomic mass is 14.2. The molecule has 0 nitrogen and oxygen atoms in total. The molecule has 1 atom stereocenters. The molecular formula is C9H13. The van der Waals surface area contributed by atoms with Crippen molar-refractivity contribution >= 4 is 0 Å². The zero-order valence-electron chi connectivity index (χ0n) is 6.15. The van der Waals surface area contributed by atoms with E-state index in [1.54, 1.807) is 0 Å². The summed E-state index contributed by atoms with van der Waals surface area (Å²) in [7, 11) is 0. The van der Waals surface area contributed by atoms with Gasteiger partial charge in [-0.15, -0.1) is 0 Å². The summed E-state index contributed by atoms with van der Waals surface area (Å²) in [6, 6.07) is 0. The average Bonchev–Trinajstić information content (AvgIpc) is 2.13. The smallest absolute Gasteiger partial charge is 0.00713 e. The standard InChI is InChI=1S/C9H13/c1-7(2)9-6-4-5-8(9)3/h4,7,9H,3,5H2,1-2H3. The van der Waals surface area contributed by atoms with E-state index in [-0.39, 0.29) is 0 Å². The Bertz CT molecular complexity index is 140. The molecule has 49 valence electrons. The van der Waals surface area contributed by atoms with Crippen LogP contribution in [0.1, 0.15) is 20.3 Å². The van der Waals surface area contributed by atoms with E-state index in [9.17, 15) is 0 Å². The van der Waals surface area contributed by atoms with Crippen LogP contribution in [-0.4, -0.2) is 0 Å². The zero-order chi connectivity index (χ0) is 6.85. The zero-order valence-corrected chi connectivity index (χ0v) is 6.15. The fraction of sp³-hybridized carbons (Fsp3) is 0.556. The van der Waals surface area contributed by atoms with Crippen molar-refractivity contribution in [1.82, 2.24) is 0 Å². The molecule has 1 aliphatic carbocycles. The molecule has 0 saturated carbocycles. The quantitative estimate of drug-likeness (QED) is 0.468. The number of hydrogen-bond acceptors (Lipinski definition) is 0. The molecule has 0 amide bonds. The largest absolute Gasteiger partial charge is 0.0989 e. The van der Waals surface area contributed by atoms with E-state index >= 15 is 0 Å². The summed E-state index contributed by atoms with van der Waals surface area (Å²) in [5.74, 6) is 1.21. The van der Waals surface area contributed by atoms with E-state index in [0.717, 1.165) is 6.42 Å². The highest BCUT2D eigenvalue weighted by molar-refractivity contribution is 5.16. The van der Waals surface area contributed by atoms with Crippen molar-refractivity contribution in [3.05, 3.63) is 24.3 Å². The molecule has 0 heteroatoms. The van der Waals surface area contributed by atoms with Crippen molar-refractivity contribution < 1.29 is 0 Å². The molecule has 0 aromatic carbocycles. The predicted octanol–water partition coefficient (Wildman–Crippen LogP) is 2.58. The van der Waals surface area contributed by atoms with Crippen molar-refractivity contribution in [2.75, 3.05) is 0 Å². The first-order valence-corrected chi connectivity index (χ1v) is 3.47. The molecule has 0 bridgehead atoms. The van der Waals surface area contributed by atoms with Gasteiger partial charge in [-0.2, -0.15) is 0 Å². The molecule has 0 N–H and O–H groups in total. The second-order valence-electron chi connectivity index (χ2n) is 2.95. The van der Waals surface area contributed by atoms with Crippen LogP contribution in [0.2, 0.25) is 0 Å². The maximum Gasteiger partial charge on any atom is 0.00713 e. The Hall–Kier alpha value is -0.520. The fourth-order valence-electron chi connectivity index (χ4n) is 1.23. The van der Waals surface area contributed by atoms with Crippen molar-refractivity contribution in [3.8, 4) is 0 Å². The minimum Gasteiger partial charge on any atom is -0.0989 e. The molecule has 1 rings (SSSR count). The van der Waals surface area contributed by atoms with E-state index in [1.807, 2.05) is 0 Å². The Morgan fingerprint density at radius 2 is 2.44 bits per heavy atom. The van der Waals surface area contributed by atoms with Crippen molar-refractivity contribution in [3.63, 3.8) is 0 Å². The van der Waals surface area contributed by atoms with Crippen LogP contribution < -0.4 is 0 Å². The van der Waals surface area contributed by atoms with Crippen LogP contribution in [0.15, 0.2) is 18.2 Å². The van der Waals surface area contributed by atoms with Gasteiger partial charge in [-0.25, -0.2) is 0 Å². The van der Waals surface area contributed by atoms with Crippen LogP contribution in [0.5, 0.6) is 0 Å². The topological polar surface area (TPSA) is 0 Å². The second kappa shape index (κ2) is 2.38. The van der Waals surface area contributed by atoms with Crippen molar-refractivity contribution in [2.24, 2.45) is 11.8 Å². The molecule has 0 heterocycles. The molecule has 9 heavy (non-hydrogen) atoms. The number of allylic oxidation sites excluding steroid dienone is 3.